The minimum absolute atomic E-state index is 0.0108. The molecule has 1 heterocycles. The molecule has 0 bridgehead atoms. The lowest BCUT2D eigenvalue weighted by atomic mass is 9.87. The van der Waals surface area contributed by atoms with Crippen molar-refractivity contribution in [1.82, 2.24) is 3.11 Å². The van der Waals surface area contributed by atoms with Gasteiger partial charge in [-0.15, -0.1) is 0 Å². The van der Waals surface area contributed by atoms with Crippen LogP contribution in [0, 0.1) is 10.1 Å². The number of carboxylic acid groups (broad SMARTS) is 1. The highest BCUT2D eigenvalue weighted by Gasteiger charge is 2.29. The third-order valence-electron chi connectivity index (χ3n) is 3.41. The average Bonchev–Trinajstić information content (AvgIpc) is 2.44. The van der Waals surface area contributed by atoms with Gasteiger partial charge in [-0.1, -0.05) is 18.2 Å². The van der Waals surface area contributed by atoms with Gasteiger partial charge in [-0.05, 0) is 19.4 Å². The summed E-state index contributed by atoms with van der Waals surface area (Å²) in [4.78, 5) is 21.8. The summed E-state index contributed by atoms with van der Waals surface area (Å²) in [6.07, 6.45) is 1.85. The summed E-state index contributed by atoms with van der Waals surface area (Å²) in [5, 5.41) is 20.2. The van der Waals surface area contributed by atoms with Crippen molar-refractivity contribution in [3.63, 3.8) is 0 Å². The number of carboxylic acids is 1. The molecule has 1 aliphatic heterocycles. The molecule has 0 amide bonds. The lowest BCUT2D eigenvalue weighted by molar-refractivity contribution is -0.384. The Labute approximate surface area is 135 Å². The number of aliphatic carboxylic acids is 1. The average molecular weight is 400 g/mol. The van der Waals surface area contributed by atoms with E-state index in [0.717, 1.165) is 11.3 Å². The quantitative estimate of drug-likeness (QED) is 0.363. The van der Waals surface area contributed by atoms with Gasteiger partial charge in [0.2, 0.25) is 0 Å². The number of hydrogen-bond donors (Lipinski definition) is 1. The predicted octanol–water partition coefficient (Wildman–Crippen LogP) is 3.61. The van der Waals surface area contributed by atoms with Crippen LogP contribution in [0.4, 0.5) is 5.69 Å². The van der Waals surface area contributed by atoms with Gasteiger partial charge in [0.05, 0.1) is 33.4 Å². The van der Waals surface area contributed by atoms with Crippen molar-refractivity contribution in [1.29, 1.82) is 0 Å². The minimum atomic E-state index is -0.985. The summed E-state index contributed by atoms with van der Waals surface area (Å²) in [5.74, 6) is -1.39. The molecule has 1 atom stereocenters. The first kappa shape index (κ1) is 15.5. The van der Waals surface area contributed by atoms with Crippen molar-refractivity contribution >= 4 is 34.5 Å². The van der Waals surface area contributed by atoms with Crippen LogP contribution in [0.15, 0.2) is 47.3 Å². The molecule has 110 valence electrons. The zero-order valence-corrected chi connectivity index (χ0v) is 13.6. The van der Waals surface area contributed by atoms with Crippen LogP contribution in [0.25, 0.3) is 0 Å². The molecule has 0 aliphatic carbocycles. The standard InChI is InChI=1S/C14H13IN2O4/c1-8-7-12(13(14(18)19)9(2)16(8)15)10-3-5-11(6-4-10)17(20)21/h3-7,12H,1-2H3,(H,18,19). The fourth-order valence-electron chi connectivity index (χ4n) is 2.34. The first-order valence-corrected chi connectivity index (χ1v) is 7.12. The molecular formula is C14H13IN2O4. The zero-order chi connectivity index (χ0) is 15.7. The molecule has 0 saturated heterocycles. The highest BCUT2D eigenvalue weighted by molar-refractivity contribution is 14.1. The second-order valence-corrected chi connectivity index (χ2v) is 5.68. The highest BCUT2D eigenvalue weighted by atomic mass is 127. The molecule has 1 aliphatic rings. The Bertz CT molecular complexity index is 664. The van der Waals surface area contributed by atoms with E-state index in [1.807, 2.05) is 13.0 Å². The number of allylic oxidation sites excluding steroid dienone is 3. The molecule has 6 nitrogen and oxygen atoms in total. The maximum atomic E-state index is 11.6. The van der Waals surface area contributed by atoms with E-state index in [-0.39, 0.29) is 11.3 Å². The molecule has 1 N–H and O–H groups in total. The van der Waals surface area contributed by atoms with Crippen LogP contribution < -0.4 is 0 Å². The minimum Gasteiger partial charge on any atom is -0.478 e. The lowest BCUT2D eigenvalue weighted by Gasteiger charge is -2.29. The number of non-ortho nitro benzene ring substituents is 1. The number of benzene rings is 1. The van der Waals surface area contributed by atoms with Crippen molar-refractivity contribution in [2.75, 3.05) is 0 Å². The van der Waals surface area contributed by atoms with Gasteiger partial charge < -0.3 is 5.11 Å². The van der Waals surface area contributed by atoms with Gasteiger partial charge in [0.1, 0.15) is 0 Å². The molecule has 2 rings (SSSR count). The molecule has 1 aromatic rings. The lowest BCUT2D eigenvalue weighted by Crippen LogP contribution is -2.22. The van der Waals surface area contributed by atoms with Crippen molar-refractivity contribution in [2.45, 2.75) is 19.8 Å². The Morgan fingerprint density at radius 1 is 1.33 bits per heavy atom. The predicted molar refractivity (Wildman–Crippen MR) is 85.8 cm³/mol. The SMILES string of the molecule is CC1=CC(c2ccc([N+](=O)[O-])cc2)C(C(=O)O)=C(C)N1I. The smallest absolute Gasteiger partial charge is 0.334 e. The van der Waals surface area contributed by atoms with E-state index in [2.05, 4.69) is 22.9 Å². The van der Waals surface area contributed by atoms with Crippen LogP contribution in [0.3, 0.4) is 0 Å². The summed E-state index contributed by atoms with van der Waals surface area (Å²) < 4.78 is 1.79. The topological polar surface area (TPSA) is 83.7 Å². The first-order chi connectivity index (χ1) is 9.82. The number of hydrogen-bond acceptors (Lipinski definition) is 4. The fraction of sp³-hybridized carbons (Fsp3) is 0.214. The van der Waals surface area contributed by atoms with Crippen molar-refractivity contribution in [3.8, 4) is 0 Å². The highest BCUT2D eigenvalue weighted by Crippen LogP contribution is 2.38. The van der Waals surface area contributed by atoms with Gasteiger partial charge in [-0.3, -0.25) is 13.2 Å². The monoisotopic (exact) mass is 400 g/mol. The number of rotatable bonds is 3. The number of carbonyl (C=O) groups is 1. The molecular weight excluding hydrogens is 387 g/mol. The Balaban J connectivity index is 2.49. The largest absolute Gasteiger partial charge is 0.478 e. The van der Waals surface area contributed by atoms with Crippen molar-refractivity contribution in [2.24, 2.45) is 0 Å². The molecule has 0 radical (unpaired) electrons. The summed E-state index contributed by atoms with van der Waals surface area (Å²) in [7, 11) is 0. The van der Waals surface area contributed by atoms with Crippen LogP contribution in [0.2, 0.25) is 0 Å². The zero-order valence-electron chi connectivity index (χ0n) is 11.4. The summed E-state index contributed by atoms with van der Waals surface area (Å²) in [6.45, 7) is 3.65. The Morgan fingerprint density at radius 2 is 1.90 bits per heavy atom. The molecule has 0 fully saturated rings. The molecule has 0 aromatic heterocycles. The van der Waals surface area contributed by atoms with Crippen LogP contribution in [0.5, 0.6) is 0 Å². The Kier molecular flexibility index (Phi) is 4.31. The number of nitro benzene ring substituents is 1. The number of halogens is 1. The molecule has 21 heavy (non-hydrogen) atoms. The Hall–Kier alpha value is -1.90. The van der Waals surface area contributed by atoms with Crippen LogP contribution in [-0.4, -0.2) is 19.1 Å². The fourth-order valence-corrected chi connectivity index (χ4v) is 2.76. The van der Waals surface area contributed by atoms with Gasteiger partial charge in [-0.25, -0.2) is 4.79 Å². The molecule has 1 unspecified atom stereocenters. The summed E-state index contributed by atoms with van der Waals surface area (Å²) in [6, 6.07) is 5.99. The molecule has 0 saturated carbocycles. The Morgan fingerprint density at radius 3 is 2.38 bits per heavy atom. The van der Waals surface area contributed by atoms with Gasteiger partial charge in [0.15, 0.2) is 0 Å². The normalized spacial score (nSPS) is 18.5. The number of nitrogens with zero attached hydrogens (tertiary/aromatic N) is 2. The van der Waals surface area contributed by atoms with Crippen LogP contribution in [0.1, 0.15) is 25.3 Å². The first-order valence-electron chi connectivity index (χ1n) is 6.15. The summed E-state index contributed by atoms with van der Waals surface area (Å²) in [5.41, 5.74) is 2.58. The second-order valence-electron chi connectivity index (χ2n) is 4.72. The molecule has 0 spiro atoms. The van der Waals surface area contributed by atoms with E-state index in [1.54, 1.807) is 22.2 Å². The van der Waals surface area contributed by atoms with E-state index in [9.17, 15) is 20.0 Å². The molecule has 1 aromatic carbocycles. The van der Waals surface area contributed by atoms with Crippen LogP contribution >= 0.6 is 22.9 Å². The molecule has 7 heteroatoms. The maximum absolute atomic E-state index is 11.6. The van der Waals surface area contributed by atoms with E-state index in [1.165, 1.54) is 12.1 Å². The maximum Gasteiger partial charge on any atom is 0.334 e. The van der Waals surface area contributed by atoms with Gasteiger partial charge in [-0.2, -0.15) is 0 Å². The third kappa shape index (κ3) is 2.92. The van der Waals surface area contributed by atoms with E-state index in [4.69, 9.17) is 0 Å². The van der Waals surface area contributed by atoms with Crippen molar-refractivity contribution in [3.05, 3.63) is 63.0 Å². The van der Waals surface area contributed by atoms with Gasteiger partial charge in [0.25, 0.3) is 5.69 Å². The third-order valence-corrected chi connectivity index (χ3v) is 4.89. The number of nitro groups is 1. The van der Waals surface area contributed by atoms with E-state index < -0.39 is 16.8 Å². The van der Waals surface area contributed by atoms with Crippen molar-refractivity contribution < 1.29 is 14.8 Å². The summed E-state index contributed by atoms with van der Waals surface area (Å²) >= 11 is 2.06. The van der Waals surface area contributed by atoms with E-state index >= 15 is 0 Å². The van der Waals surface area contributed by atoms with E-state index in [0.29, 0.717) is 5.70 Å². The second kappa shape index (κ2) is 5.84. The van der Waals surface area contributed by atoms with Crippen LogP contribution in [-0.2, 0) is 4.79 Å². The van der Waals surface area contributed by atoms with Gasteiger partial charge in [0, 0.05) is 29.4 Å². The van der Waals surface area contributed by atoms with Gasteiger partial charge >= 0.3 is 5.97 Å².